The smallest absolute Gasteiger partial charge is 0.0913 e. The summed E-state index contributed by atoms with van der Waals surface area (Å²) in [6.07, 6.45) is 1.54. The van der Waals surface area contributed by atoms with Crippen LogP contribution in [0.4, 0.5) is 5.69 Å². The first-order chi connectivity index (χ1) is 6.19. The highest BCUT2D eigenvalue weighted by Gasteiger charge is 2.03. The van der Waals surface area contributed by atoms with Crippen LogP contribution in [0.1, 0.15) is 5.56 Å². The molecule has 0 heterocycles. The van der Waals surface area contributed by atoms with Gasteiger partial charge in [0.05, 0.1) is 5.71 Å². The van der Waals surface area contributed by atoms with Gasteiger partial charge in [0, 0.05) is 16.3 Å². The van der Waals surface area contributed by atoms with Crippen LogP contribution in [0.15, 0.2) is 36.0 Å². The first kappa shape index (κ1) is 9.61. The monoisotopic (exact) mass is 195 g/mol. The van der Waals surface area contributed by atoms with Crippen molar-refractivity contribution >= 4 is 23.0 Å². The third kappa shape index (κ3) is 2.00. The molecule has 68 valence electrons. The molecule has 0 saturated carbocycles. The Kier molecular flexibility index (Phi) is 2.93. The second-order valence-corrected chi connectivity index (χ2v) is 2.89. The quantitative estimate of drug-likeness (QED) is 0.327. The van der Waals surface area contributed by atoms with Gasteiger partial charge in [0.15, 0.2) is 0 Å². The molecule has 0 spiro atoms. The van der Waals surface area contributed by atoms with E-state index in [4.69, 9.17) is 23.2 Å². The van der Waals surface area contributed by atoms with Crippen molar-refractivity contribution in [2.75, 3.05) is 5.73 Å². The van der Waals surface area contributed by atoms with Gasteiger partial charge < -0.3 is 11.6 Å². The minimum atomic E-state index is 0.539. The fourth-order valence-electron chi connectivity index (χ4n) is 0.999. The molecule has 0 atom stereocenters. The number of allylic oxidation sites excluding steroid dienone is 1. The van der Waals surface area contributed by atoms with Crippen LogP contribution in [0.5, 0.6) is 0 Å². The number of hydrogen-bond donors (Lipinski definition) is 2. The summed E-state index contributed by atoms with van der Waals surface area (Å²) < 4.78 is 0. The number of hydrazone groups is 1. The Hall–Kier alpha value is -1.48. The van der Waals surface area contributed by atoms with Gasteiger partial charge in [0.1, 0.15) is 0 Å². The Labute approximate surface area is 81.7 Å². The summed E-state index contributed by atoms with van der Waals surface area (Å²) in [5.41, 5.74) is 7.53. The standard InChI is InChI=1S/C9H10ClN3/c1-2-9(13-12)7-4-3-6(10)5-8(7)11/h2-5H,1,11-12H2/b13-9+. The molecule has 4 N–H and O–H groups in total. The van der Waals surface area contributed by atoms with Crippen LogP contribution in [0.2, 0.25) is 5.02 Å². The molecule has 4 heteroatoms. The first-order valence-corrected chi connectivity index (χ1v) is 4.02. The largest absolute Gasteiger partial charge is 0.398 e. The Balaban J connectivity index is 3.22. The van der Waals surface area contributed by atoms with E-state index in [1.165, 1.54) is 0 Å². The third-order valence-corrected chi connectivity index (χ3v) is 1.86. The van der Waals surface area contributed by atoms with Crippen molar-refractivity contribution < 1.29 is 0 Å². The zero-order valence-corrected chi connectivity index (χ0v) is 7.75. The lowest BCUT2D eigenvalue weighted by Crippen LogP contribution is -2.04. The van der Waals surface area contributed by atoms with Gasteiger partial charge in [-0.1, -0.05) is 18.2 Å². The fraction of sp³-hybridized carbons (Fsp3) is 0. The molecule has 0 aliphatic rings. The van der Waals surface area contributed by atoms with Gasteiger partial charge in [-0.2, -0.15) is 5.10 Å². The SMILES string of the molecule is C=C/C(=N\N)c1ccc(Cl)cc1N. The Morgan fingerprint density at radius 3 is 2.69 bits per heavy atom. The number of hydrogen-bond acceptors (Lipinski definition) is 3. The number of halogens is 1. The van der Waals surface area contributed by atoms with E-state index >= 15 is 0 Å². The van der Waals surface area contributed by atoms with Gasteiger partial charge in [0.2, 0.25) is 0 Å². The van der Waals surface area contributed by atoms with Crippen molar-refractivity contribution in [3.8, 4) is 0 Å². The molecule has 0 aliphatic heterocycles. The van der Waals surface area contributed by atoms with Gasteiger partial charge >= 0.3 is 0 Å². The maximum absolute atomic E-state index is 5.73. The fourth-order valence-corrected chi connectivity index (χ4v) is 1.18. The average molecular weight is 196 g/mol. The average Bonchev–Trinajstić information content (AvgIpc) is 2.10. The highest BCUT2D eigenvalue weighted by Crippen LogP contribution is 2.18. The zero-order chi connectivity index (χ0) is 9.84. The van der Waals surface area contributed by atoms with E-state index < -0.39 is 0 Å². The van der Waals surface area contributed by atoms with E-state index in [1.54, 1.807) is 24.3 Å². The summed E-state index contributed by atoms with van der Waals surface area (Å²) in [5, 5.41) is 4.13. The van der Waals surface area contributed by atoms with Crippen LogP contribution in [-0.2, 0) is 0 Å². The summed E-state index contributed by atoms with van der Waals surface area (Å²) in [7, 11) is 0. The van der Waals surface area contributed by atoms with Gasteiger partial charge in [-0.15, -0.1) is 0 Å². The number of nitrogen functional groups attached to an aromatic ring is 1. The van der Waals surface area contributed by atoms with Crippen molar-refractivity contribution in [1.82, 2.24) is 0 Å². The molecule has 0 unspecified atom stereocenters. The summed E-state index contributed by atoms with van der Waals surface area (Å²) in [5.74, 6) is 5.15. The lowest BCUT2D eigenvalue weighted by Gasteiger charge is -2.04. The highest BCUT2D eigenvalue weighted by atomic mass is 35.5. The third-order valence-electron chi connectivity index (χ3n) is 1.62. The van der Waals surface area contributed by atoms with Crippen molar-refractivity contribution in [1.29, 1.82) is 0 Å². The minimum absolute atomic E-state index is 0.539. The Morgan fingerprint density at radius 2 is 2.23 bits per heavy atom. The molecule has 0 aliphatic carbocycles. The Bertz CT molecular complexity index is 358. The Morgan fingerprint density at radius 1 is 1.54 bits per heavy atom. The van der Waals surface area contributed by atoms with E-state index in [-0.39, 0.29) is 0 Å². The lowest BCUT2D eigenvalue weighted by atomic mass is 10.1. The van der Waals surface area contributed by atoms with Gasteiger partial charge in [-0.05, 0) is 24.3 Å². The van der Waals surface area contributed by atoms with Gasteiger partial charge in [-0.25, -0.2) is 0 Å². The summed E-state index contributed by atoms with van der Waals surface area (Å²) >= 11 is 5.73. The van der Waals surface area contributed by atoms with Crippen LogP contribution in [0.25, 0.3) is 0 Å². The van der Waals surface area contributed by atoms with E-state index in [9.17, 15) is 0 Å². The molecular weight excluding hydrogens is 186 g/mol. The van der Waals surface area contributed by atoms with Gasteiger partial charge in [0.25, 0.3) is 0 Å². The molecule has 13 heavy (non-hydrogen) atoms. The first-order valence-electron chi connectivity index (χ1n) is 3.64. The molecule has 3 nitrogen and oxygen atoms in total. The number of rotatable bonds is 2. The van der Waals surface area contributed by atoms with Gasteiger partial charge in [-0.3, -0.25) is 0 Å². The molecule has 0 aromatic heterocycles. The number of nitrogens with zero attached hydrogens (tertiary/aromatic N) is 1. The highest BCUT2D eigenvalue weighted by molar-refractivity contribution is 6.31. The predicted molar refractivity (Wildman–Crippen MR) is 56.8 cm³/mol. The maximum atomic E-state index is 5.73. The summed E-state index contributed by atoms with van der Waals surface area (Å²) in [6.45, 7) is 3.57. The van der Waals surface area contributed by atoms with Crippen LogP contribution in [-0.4, -0.2) is 5.71 Å². The predicted octanol–water partition coefficient (Wildman–Crippen LogP) is 1.77. The van der Waals surface area contributed by atoms with Crippen molar-refractivity contribution in [2.24, 2.45) is 10.9 Å². The molecule has 0 radical (unpaired) electrons. The normalized spacial score (nSPS) is 11.3. The second-order valence-electron chi connectivity index (χ2n) is 2.45. The molecule has 1 aromatic rings. The number of benzene rings is 1. The van der Waals surface area contributed by atoms with Crippen LogP contribution < -0.4 is 11.6 Å². The number of nitrogens with two attached hydrogens (primary N) is 2. The second kappa shape index (κ2) is 3.96. The molecular formula is C9H10ClN3. The van der Waals surface area contributed by atoms with Crippen LogP contribution in [0, 0.1) is 0 Å². The van der Waals surface area contributed by atoms with E-state index in [0.717, 1.165) is 5.56 Å². The molecule has 0 fully saturated rings. The van der Waals surface area contributed by atoms with E-state index in [0.29, 0.717) is 16.4 Å². The molecule has 0 amide bonds. The zero-order valence-electron chi connectivity index (χ0n) is 7.00. The molecule has 0 saturated heterocycles. The topological polar surface area (TPSA) is 64.4 Å². The minimum Gasteiger partial charge on any atom is -0.398 e. The molecule has 1 aromatic carbocycles. The lowest BCUT2D eigenvalue weighted by molar-refractivity contribution is 1.25. The van der Waals surface area contributed by atoms with E-state index in [1.807, 2.05) is 0 Å². The maximum Gasteiger partial charge on any atom is 0.0913 e. The summed E-state index contributed by atoms with van der Waals surface area (Å²) in [4.78, 5) is 0. The summed E-state index contributed by atoms with van der Waals surface area (Å²) in [6, 6.07) is 5.12. The van der Waals surface area contributed by atoms with Crippen LogP contribution in [0.3, 0.4) is 0 Å². The van der Waals surface area contributed by atoms with Crippen molar-refractivity contribution in [3.05, 3.63) is 41.4 Å². The molecule has 1 rings (SSSR count). The molecule has 0 bridgehead atoms. The van der Waals surface area contributed by atoms with E-state index in [2.05, 4.69) is 11.7 Å². The van der Waals surface area contributed by atoms with Crippen LogP contribution >= 0.6 is 11.6 Å². The van der Waals surface area contributed by atoms with Crippen molar-refractivity contribution in [2.45, 2.75) is 0 Å². The number of anilines is 1. The van der Waals surface area contributed by atoms with Crippen molar-refractivity contribution in [3.63, 3.8) is 0 Å².